The van der Waals surface area contributed by atoms with Crippen molar-refractivity contribution < 1.29 is 4.74 Å². The Morgan fingerprint density at radius 3 is 2.59 bits per heavy atom. The van der Waals surface area contributed by atoms with E-state index in [4.69, 9.17) is 10.5 Å². The van der Waals surface area contributed by atoms with Crippen molar-refractivity contribution in [1.29, 1.82) is 0 Å². The van der Waals surface area contributed by atoms with Crippen LogP contribution in [0.15, 0.2) is 4.99 Å². The second-order valence-electron chi connectivity index (χ2n) is 5.30. The molecule has 0 saturated heterocycles. The van der Waals surface area contributed by atoms with E-state index in [-0.39, 0.29) is 5.60 Å². The number of nitrogens with zero attached hydrogens (tertiary/aromatic N) is 1. The van der Waals surface area contributed by atoms with Gasteiger partial charge in [-0.05, 0) is 39.0 Å². The van der Waals surface area contributed by atoms with E-state index >= 15 is 0 Å². The summed E-state index contributed by atoms with van der Waals surface area (Å²) in [6.07, 6.45) is 8.53. The summed E-state index contributed by atoms with van der Waals surface area (Å²) in [5.74, 6) is 0.598. The van der Waals surface area contributed by atoms with Crippen LogP contribution < -0.4 is 11.1 Å². The highest BCUT2D eigenvalue weighted by atomic mass is 16.5. The molecule has 0 radical (unpaired) electrons. The maximum atomic E-state index is 5.90. The normalized spacial score (nSPS) is 24.6. The van der Waals surface area contributed by atoms with Crippen LogP contribution in [0.4, 0.5) is 0 Å². The molecule has 2 rings (SSSR count). The summed E-state index contributed by atoms with van der Waals surface area (Å²) in [5, 5.41) is 3.27. The van der Waals surface area contributed by atoms with Gasteiger partial charge in [0.2, 0.25) is 0 Å². The molecule has 0 aromatic carbocycles. The molecule has 0 aromatic heterocycles. The Hall–Kier alpha value is -0.770. The molecule has 0 aliphatic heterocycles. The van der Waals surface area contributed by atoms with Gasteiger partial charge in [0.25, 0.3) is 0 Å². The smallest absolute Gasteiger partial charge is 0.188 e. The number of hydrogen-bond donors (Lipinski definition) is 2. The highest BCUT2D eigenvalue weighted by molar-refractivity contribution is 5.78. The lowest BCUT2D eigenvalue weighted by molar-refractivity contribution is -0.0262. The van der Waals surface area contributed by atoms with E-state index in [0.717, 1.165) is 19.4 Å². The molecular weight excluding hydrogens is 214 g/mol. The molecule has 0 atom stereocenters. The lowest BCUT2D eigenvalue weighted by Gasteiger charge is -2.29. The van der Waals surface area contributed by atoms with Gasteiger partial charge in [-0.1, -0.05) is 12.8 Å². The first-order valence-electron chi connectivity index (χ1n) is 6.94. The molecule has 0 spiro atoms. The van der Waals surface area contributed by atoms with Crippen LogP contribution in [-0.4, -0.2) is 30.8 Å². The zero-order chi connectivity index (χ0) is 12.1. The number of aliphatic imine (C=N–C) groups is 1. The molecule has 0 aromatic rings. The Labute approximate surface area is 104 Å². The Kier molecular flexibility index (Phi) is 4.26. The number of hydrogen-bond acceptors (Lipinski definition) is 2. The van der Waals surface area contributed by atoms with Gasteiger partial charge in [0.15, 0.2) is 5.96 Å². The average Bonchev–Trinajstić information content (AvgIpc) is 2.71. The van der Waals surface area contributed by atoms with Crippen molar-refractivity contribution in [2.24, 2.45) is 10.7 Å². The van der Waals surface area contributed by atoms with Crippen LogP contribution in [0.5, 0.6) is 0 Å². The highest BCUT2D eigenvalue weighted by Crippen LogP contribution is 2.33. The van der Waals surface area contributed by atoms with Crippen LogP contribution in [0.2, 0.25) is 0 Å². The zero-order valence-electron chi connectivity index (χ0n) is 10.9. The van der Waals surface area contributed by atoms with E-state index in [0.29, 0.717) is 18.5 Å². The SMILES string of the molecule is CCOC1(CN=C(N)NC2CCC2)CCCC1. The molecular formula is C13H25N3O. The summed E-state index contributed by atoms with van der Waals surface area (Å²) >= 11 is 0. The maximum absolute atomic E-state index is 5.90. The van der Waals surface area contributed by atoms with Crippen molar-refractivity contribution in [3.63, 3.8) is 0 Å². The van der Waals surface area contributed by atoms with E-state index in [9.17, 15) is 0 Å². The molecule has 0 heterocycles. The van der Waals surface area contributed by atoms with Gasteiger partial charge in [0.05, 0.1) is 12.1 Å². The molecule has 4 nitrogen and oxygen atoms in total. The molecule has 0 amide bonds. The summed E-state index contributed by atoms with van der Waals surface area (Å²) in [7, 11) is 0. The molecule has 2 saturated carbocycles. The first kappa shape index (κ1) is 12.7. The Morgan fingerprint density at radius 2 is 2.06 bits per heavy atom. The second kappa shape index (κ2) is 5.71. The summed E-state index contributed by atoms with van der Waals surface area (Å²) in [6, 6.07) is 0.561. The predicted octanol–water partition coefficient (Wildman–Crippen LogP) is 1.79. The molecule has 98 valence electrons. The van der Waals surface area contributed by atoms with Crippen molar-refractivity contribution in [2.75, 3.05) is 13.2 Å². The number of guanidine groups is 1. The van der Waals surface area contributed by atoms with E-state index in [2.05, 4.69) is 17.2 Å². The van der Waals surface area contributed by atoms with Gasteiger partial charge in [-0.15, -0.1) is 0 Å². The molecule has 2 fully saturated rings. The largest absolute Gasteiger partial charge is 0.373 e. The molecule has 2 aliphatic rings. The fraction of sp³-hybridized carbons (Fsp3) is 0.923. The summed E-state index contributed by atoms with van der Waals surface area (Å²) in [6.45, 7) is 3.54. The predicted molar refractivity (Wildman–Crippen MR) is 70.1 cm³/mol. The fourth-order valence-electron chi connectivity index (χ4n) is 2.71. The van der Waals surface area contributed by atoms with Crippen LogP contribution in [0.1, 0.15) is 51.9 Å². The Bertz CT molecular complexity index is 268. The lowest BCUT2D eigenvalue weighted by Crippen LogP contribution is -2.44. The van der Waals surface area contributed by atoms with Gasteiger partial charge in [0.1, 0.15) is 0 Å². The van der Waals surface area contributed by atoms with Gasteiger partial charge in [-0.3, -0.25) is 4.99 Å². The monoisotopic (exact) mass is 239 g/mol. The molecule has 0 bridgehead atoms. The third-order valence-electron chi connectivity index (χ3n) is 3.96. The minimum atomic E-state index is -0.0271. The van der Waals surface area contributed by atoms with Gasteiger partial charge in [0, 0.05) is 12.6 Å². The van der Waals surface area contributed by atoms with Gasteiger partial charge >= 0.3 is 0 Å². The van der Waals surface area contributed by atoms with E-state index < -0.39 is 0 Å². The third-order valence-corrected chi connectivity index (χ3v) is 3.96. The minimum absolute atomic E-state index is 0.0271. The van der Waals surface area contributed by atoms with Crippen LogP contribution in [0.25, 0.3) is 0 Å². The number of rotatable bonds is 5. The topological polar surface area (TPSA) is 59.6 Å². The van der Waals surface area contributed by atoms with Crippen molar-refractivity contribution in [1.82, 2.24) is 5.32 Å². The number of nitrogens with two attached hydrogens (primary N) is 1. The standard InChI is InChI=1S/C13H25N3O/c1-2-17-13(8-3-4-9-13)10-15-12(14)16-11-6-5-7-11/h11H,2-10H2,1H3,(H3,14,15,16). The van der Waals surface area contributed by atoms with Crippen LogP contribution in [0, 0.1) is 0 Å². The Balaban J connectivity index is 1.82. The third kappa shape index (κ3) is 3.35. The fourth-order valence-corrected chi connectivity index (χ4v) is 2.71. The second-order valence-corrected chi connectivity index (χ2v) is 5.30. The van der Waals surface area contributed by atoms with Crippen molar-refractivity contribution in [3.8, 4) is 0 Å². The van der Waals surface area contributed by atoms with E-state index in [1.807, 2.05) is 0 Å². The highest BCUT2D eigenvalue weighted by Gasteiger charge is 2.34. The van der Waals surface area contributed by atoms with Crippen LogP contribution in [0.3, 0.4) is 0 Å². The van der Waals surface area contributed by atoms with E-state index in [1.165, 1.54) is 32.1 Å². The quantitative estimate of drug-likeness (QED) is 0.568. The molecule has 0 unspecified atom stereocenters. The van der Waals surface area contributed by atoms with Crippen LogP contribution in [-0.2, 0) is 4.74 Å². The molecule has 3 N–H and O–H groups in total. The molecule has 2 aliphatic carbocycles. The van der Waals surface area contributed by atoms with E-state index in [1.54, 1.807) is 0 Å². The van der Waals surface area contributed by atoms with Crippen molar-refractivity contribution >= 4 is 5.96 Å². The Morgan fingerprint density at radius 1 is 1.35 bits per heavy atom. The minimum Gasteiger partial charge on any atom is -0.373 e. The molecule has 4 heteroatoms. The number of ether oxygens (including phenoxy) is 1. The summed E-state index contributed by atoms with van der Waals surface area (Å²) in [4.78, 5) is 4.48. The summed E-state index contributed by atoms with van der Waals surface area (Å²) in [5.41, 5.74) is 5.87. The van der Waals surface area contributed by atoms with Crippen molar-refractivity contribution in [2.45, 2.75) is 63.5 Å². The van der Waals surface area contributed by atoms with Crippen molar-refractivity contribution in [3.05, 3.63) is 0 Å². The zero-order valence-corrected chi connectivity index (χ0v) is 10.9. The molecule has 17 heavy (non-hydrogen) atoms. The average molecular weight is 239 g/mol. The van der Waals surface area contributed by atoms with Crippen LogP contribution >= 0.6 is 0 Å². The first-order valence-corrected chi connectivity index (χ1v) is 6.94. The lowest BCUT2D eigenvalue weighted by atomic mass is 9.93. The summed E-state index contributed by atoms with van der Waals surface area (Å²) < 4.78 is 5.90. The number of nitrogens with one attached hydrogen (secondary N) is 1. The van der Waals surface area contributed by atoms with Gasteiger partial charge in [-0.2, -0.15) is 0 Å². The van der Waals surface area contributed by atoms with Gasteiger partial charge in [-0.25, -0.2) is 0 Å². The first-order chi connectivity index (χ1) is 8.24. The maximum Gasteiger partial charge on any atom is 0.188 e. The van der Waals surface area contributed by atoms with Gasteiger partial charge < -0.3 is 15.8 Å².